The van der Waals surface area contributed by atoms with E-state index in [-0.39, 0.29) is 33.4 Å². The lowest BCUT2D eigenvalue weighted by Gasteiger charge is -2.17. The van der Waals surface area contributed by atoms with Crippen LogP contribution in [0.25, 0.3) is 0 Å². The Bertz CT molecular complexity index is 812. The lowest BCUT2D eigenvalue weighted by molar-refractivity contribution is 0.470. The maximum Gasteiger partial charge on any atom is 0.244 e. The highest BCUT2D eigenvalue weighted by Crippen LogP contribution is 2.35. The van der Waals surface area contributed by atoms with Gasteiger partial charge in [-0.25, -0.2) is 8.42 Å². The summed E-state index contributed by atoms with van der Waals surface area (Å²) in [5.41, 5.74) is 7.22. The van der Waals surface area contributed by atoms with Crippen molar-refractivity contribution in [3.05, 3.63) is 64.1 Å². The number of hydrogen-bond acceptors (Lipinski definition) is 3. The van der Waals surface area contributed by atoms with E-state index in [0.717, 1.165) is 5.56 Å². The van der Waals surface area contributed by atoms with Crippen LogP contribution in [0, 0.1) is 0 Å². The smallest absolute Gasteiger partial charge is 0.244 e. The molecule has 2 atom stereocenters. The van der Waals surface area contributed by atoms with Crippen molar-refractivity contribution < 1.29 is 8.42 Å². The number of nitrogens with two attached hydrogens (primary N) is 1. The maximum absolute atomic E-state index is 12.9. The fraction of sp³-hybridized carbons (Fsp3) is 0.250. The van der Waals surface area contributed by atoms with Crippen LogP contribution in [0.1, 0.15) is 11.5 Å². The highest BCUT2D eigenvalue weighted by molar-refractivity contribution is 7.89. The van der Waals surface area contributed by atoms with Gasteiger partial charge in [-0.3, -0.25) is 0 Å². The third-order valence-electron chi connectivity index (χ3n) is 4.09. The second-order valence-corrected chi connectivity index (χ2v) is 8.25. The molecule has 0 saturated carbocycles. The summed E-state index contributed by atoms with van der Waals surface area (Å²) in [5, 5.41) is 0.266. The van der Waals surface area contributed by atoms with Crippen LogP contribution in [0.4, 0.5) is 0 Å². The second kappa shape index (κ2) is 6.42. The van der Waals surface area contributed by atoms with Gasteiger partial charge in [-0.05, 0) is 17.7 Å². The van der Waals surface area contributed by atoms with Crippen LogP contribution < -0.4 is 5.73 Å². The molecule has 0 amide bonds. The quantitative estimate of drug-likeness (QED) is 0.902. The van der Waals surface area contributed by atoms with Crippen LogP contribution >= 0.6 is 23.2 Å². The molecule has 2 aromatic carbocycles. The molecule has 0 unspecified atom stereocenters. The van der Waals surface area contributed by atoms with Crippen molar-refractivity contribution >= 4 is 33.2 Å². The lowest BCUT2D eigenvalue weighted by atomic mass is 9.95. The summed E-state index contributed by atoms with van der Waals surface area (Å²) < 4.78 is 27.1. The third kappa shape index (κ3) is 3.12. The van der Waals surface area contributed by atoms with E-state index in [9.17, 15) is 8.42 Å². The first-order valence-corrected chi connectivity index (χ1v) is 9.35. The van der Waals surface area contributed by atoms with Crippen molar-refractivity contribution in [1.29, 1.82) is 0 Å². The predicted molar refractivity (Wildman–Crippen MR) is 92.4 cm³/mol. The first-order valence-electron chi connectivity index (χ1n) is 7.16. The Labute approximate surface area is 145 Å². The molecule has 0 bridgehead atoms. The van der Waals surface area contributed by atoms with E-state index < -0.39 is 10.0 Å². The summed E-state index contributed by atoms with van der Waals surface area (Å²) in [6.07, 6.45) is 0. The number of hydrogen-bond donors (Lipinski definition) is 1. The topological polar surface area (TPSA) is 63.4 Å². The minimum atomic E-state index is -3.73. The molecule has 4 nitrogen and oxygen atoms in total. The molecule has 23 heavy (non-hydrogen) atoms. The molecule has 0 aromatic heterocycles. The number of rotatable bonds is 3. The van der Waals surface area contributed by atoms with E-state index in [1.54, 1.807) is 12.1 Å². The van der Waals surface area contributed by atoms with Crippen LogP contribution in [0.5, 0.6) is 0 Å². The van der Waals surface area contributed by atoms with Gasteiger partial charge in [0.25, 0.3) is 0 Å². The predicted octanol–water partition coefficient (Wildman–Crippen LogP) is 3.11. The molecule has 122 valence electrons. The Morgan fingerprint density at radius 2 is 1.70 bits per heavy atom. The summed E-state index contributed by atoms with van der Waals surface area (Å²) in [6.45, 7) is 0.584. The molecule has 1 aliphatic rings. The van der Waals surface area contributed by atoms with Crippen LogP contribution in [0.15, 0.2) is 53.4 Å². The summed E-state index contributed by atoms with van der Waals surface area (Å²) in [4.78, 5) is 0.0209. The van der Waals surface area contributed by atoms with Gasteiger partial charge >= 0.3 is 0 Å². The zero-order chi connectivity index (χ0) is 16.6. The van der Waals surface area contributed by atoms with Crippen LogP contribution in [0.2, 0.25) is 10.0 Å². The van der Waals surface area contributed by atoms with E-state index >= 15 is 0 Å². The SMILES string of the molecule is N[C@@H]1CN(S(=O)(=O)c2cccc(Cl)c2Cl)C[C@H]1c1ccccc1. The molecule has 1 aliphatic heterocycles. The van der Waals surface area contributed by atoms with Gasteiger partial charge in [-0.1, -0.05) is 59.6 Å². The minimum Gasteiger partial charge on any atom is -0.326 e. The number of nitrogens with zero attached hydrogens (tertiary/aromatic N) is 1. The van der Waals surface area contributed by atoms with E-state index in [0.29, 0.717) is 6.54 Å². The first-order chi connectivity index (χ1) is 10.9. The summed E-state index contributed by atoms with van der Waals surface area (Å²) in [7, 11) is -3.73. The van der Waals surface area contributed by atoms with Gasteiger partial charge in [0, 0.05) is 25.0 Å². The molecule has 7 heteroatoms. The van der Waals surface area contributed by atoms with Crippen molar-refractivity contribution in [2.45, 2.75) is 16.9 Å². The first kappa shape index (κ1) is 16.7. The zero-order valence-corrected chi connectivity index (χ0v) is 14.5. The van der Waals surface area contributed by atoms with E-state index in [4.69, 9.17) is 28.9 Å². The zero-order valence-electron chi connectivity index (χ0n) is 12.2. The maximum atomic E-state index is 12.9. The molecule has 1 fully saturated rings. The Morgan fingerprint density at radius 3 is 2.39 bits per heavy atom. The molecule has 1 saturated heterocycles. The molecule has 3 rings (SSSR count). The Hall–Kier alpha value is -1.11. The lowest BCUT2D eigenvalue weighted by Crippen LogP contribution is -2.32. The molecule has 0 radical (unpaired) electrons. The van der Waals surface area contributed by atoms with E-state index in [1.807, 2.05) is 30.3 Å². The fourth-order valence-corrected chi connectivity index (χ4v) is 5.10. The summed E-state index contributed by atoms with van der Waals surface area (Å²) >= 11 is 12.0. The van der Waals surface area contributed by atoms with Crippen molar-refractivity contribution in [3.8, 4) is 0 Å². The molecule has 2 aromatic rings. The van der Waals surface area contributed by atoms with Crippen molar-refractivity contribution in [1.82, 2.24) is 4.31 Å². The number of halogens is 2. The normalized spacial score (nSPS) is 22.4. The van der Waals surface area contributed by atoms with Crippen LogP contribution in [0.3, 0.4) is 0 Å². The van der Waals surface area contributed by atoms with Crippen LogP contribution in [-0.2, 0) is 10.0 Å². The monoisotopic (exact) mass is 370 g/mol. The van der Waals surface area contributed by atoms with E-state index in [1.165, 1.54) is 10.4 Å². The number of benzene rings is 2. The summed E-state index contributed by atoms with van der Waals surface area (Å²) in [5.74, 6) is -0.0380. The average Bonchev–Trinajstić information content (AvgIpc) is 2.93. The fourth-order valence-electron chi connectivity index (χ4n) is 2.86. The minimum absolute atomic E-state index is 0.0209. The molecular formula is C16H16Cl2N2O2S. The van der Waals surface area contributed by atoms with Gasteiger partial charge in [0.1, 0.15) is 4.90 Å². The van der Waals surface area contributed by atoms with Gasteiger partial charge in [-0.15, -0.1) is 0 Å². The summed E-state index contributed by atoms with van der Waals surface area (Å²) in [6, 6.07) is 14.0. The van der Waals surface area contributed by atoms with Crippen LogP contribution in [-0.4, -0.2) is 31.9 Å². The third-order valence-corrected chi connectivity index (χ3v) is 6.90. The van der Waals surface area contributed by atoms with Crippen molar-refractivity contribution in [2.24, 2.45) is 5.73 Å². The Morgan fingerprint density at radius 1 is 1.00 bits per heavy atom. The molecular weight excluding hydrogens is 355 g/mol. The second-order valence-electron chi connectivity index (χ2n) is 5.56. The molecule has 1 heterocycles. The Kier molecular flexibility index (Phi) is 4.67. The molecule has 2 N–H and O–H groups in total. The van der Waals surface area contributed by atoms with Gasteiger partial charge in [0.2, 0.25) is 10.0 Å². The van der Waals surface area contributed by atoms with Gasteiger partial charge in [0.15, 0.2) is 0 Å². The Balaban J connectivity index is 1.92. The van der Waals surface area contributed by atoms with Crippen molar-refractivity contribution in [3.63, 3.8) is 0 Å². The van der Waals surface area contributed by atoms with Gasteiger partial charge in [0.05, 0.1) is 10.0 Å². The standard InChI is InChI=1S/C16H16Cl2N2O2S/c17-13-7-4-8-15(16(13)18)23(21,22)20-9-12(14(19)10-20)11-5-2-1-3-6-11/h1-8,12,14H,9-10,19H2/t12-,14+/m0/s1. The highest BCUT2D eigenvalue weighted by Gasteiger charge is 2.39. The number of sulfonamides is 1. The molecule has 0 spiro atoms. The molecule has 0 aliphatic carbocycles. The van der Waals surface area contributed by atoms with E-state index in [2.05, 4.69) is 0 Å². The highest BCUT2D eigenvalue weighted by atomic mass is 35.5. The van der Waals surface area contributed by atoms with Gasteiger partial charge < -0.3 is 5.73 Å². The largest absolute Gasteiger partial charge is 0.326 e. The van der Waals surface area contributed by atoms with Gasteiger partial charge in [-0.2, -0.15) is 4.31 Å². The van der Waals surface area contributed by atoms with Crippen molar-refractivity contribution in [2.75, 3.05) is 13.1 Å². The average molecular weight is 371 g/mol.